The van der Waals surface area contributed by atoms with Crippen LogP contribution in [0, 0.1) is 16.0 Å². The molecule has 0 spiro atoms. The Morgan fingerprint density at radius 1 is 1.08 bits per heavy atom. The third-order valence-electron chi connectivity index (χ3n) is 5.85. The number of rotatable bonds is 9. The fourth-order valence-electron chi connectivity index (χ4n) is 3.93. The summed E-state index contributed by atoms with van der Waals surface area (Å²) in [6, 6.07) is 8.54. The van der Waals surface area contributed by atoms with Crippen molar-refractivity contribution in [2.45, 2.75) is 32.3 Å². The van der Waals surface area contributed by atoms with Crippen molar-refractivity contribution < 1.29 is 33.1 Å². The third kappa shape index (κ3) is 5.43. The summed E-state index contributed by atoms with van der Waals surface area (Å²) >= 11 is 0. The number of anilines is 1. The molecule has 4 rings (SSSR count). The van der Waals surface area contributed by atoms with Crippen molar-refractivity contribution in [2.75, 3.05) is 19.5 Å². The number of ether oxygens (including phenoxy) is 3. The Balaban J connectivity index is 1.49. The number of hydrogen-bond donors (Lipinski definition) is 1. The highest BCUT2D eigenvalue weighted by molar-refractivity contribution is 6.02. The first-order valence-corrected chi connectivity index (χ1v) is 11.2. The first kappa shape index (κ1) is 24.6. The topological polar surface area (TPSA) is 156 Å². The van der Waals surface area contributed by atoms with Crippen molar-refractivity contribution in [3.05, 3.63) is 58.0 Å². The van der Waals surface area contributed by atoms with E-state index in [0.29, 0.717) is 17.1 Å². The zero-order chi connectivity index (χ0) is 25.7. The fraction of sp³-hybridized carbons (Fsp3) is 0.333. The molecule has 1 aliphatic rings. The molecular formula is C24H24N4O8. The van der Waals surface area contributed by atoms with E-state index in [1.54, 1.807) is 0 Å². The van der Waals surface area contributed by atoms with E-state index in [0.717, 1.165) is 25.7 Å². The quantitative estimate of drug-likeness (QED) is 0.259. The van der Waals surface area contributed by atoms with Crippen LogP contribution in [0.5, 0.6) is 11.5 Å². The SMILES string of the molecule is COc1cc(NC(=O)C2CCCC2)c(C(=O)OCc2nnc(-c3ccc([N+](=O)[O-])cc3)o2)cc1OC. The second-order valence-corrected chi connectivity index (χ2v) is 8.10. The minimum absolute atomic E-state index is 0.0220. The number of carbonyl (C=O) groups excluding carboxylic acids is 2. The van der Waals surface area contributed by atoms with Gasteiger partial charge in [-0.25, -0.2) is 4.79 Å². The van der Waals surface area contributed by atoms with E-state index in [2.05, 4.69) is 15.5 Å². The number of amides is 1. The summed E-state index contributed by atoms with van der Waals surface area (Å²) in [5, 5.41) is 21.4. The van der Waals surface area contributed by atoms with Gasteiger partial charge in [0.2, 0.25) is 11.8 Å². The molecular weight excluding hydrogens is 472 g/mol. The number of nitro benzene ring substituents is 1. The molecule has 12 nitrogen and oxygen atoms in total. The number of non-ortho nitro benzene ring substituents is 1. The van der Waals surface area contributed by atoms with E-state index in [1.807, 2.05) is 0 Å². The van der Waals surface area contributed by atoms with E-state index in [4.69, 9.17) is 18.6 Å². The number of nitrogens with zero attached hydrogens (tertiary/aromatic N) is 3. The summed E-state index contributed by atoms with van der Waals surface area (Å²) < 4.78 is 21.5. The molecule has 36 heavy (non-hydrogen) atoms. The van der Waals surface area contributed by atoms with Crippen molar-refractivity contribution in [1.29, 1.82) is 0 Å². The predicted octanol–water partition coefficient (Wildman–Crippen LogP) is 4.15. The molecule has 0 unspecified atom stereocenters. The number of methoxy groups -OCH3 is 2. The zero-order valence-electron chi connectivity index (χ0n) is 19.7. The van der Waals surface area contributed by atoms with Crippen LogP contribution in [0.1, 0.15) is 41.9 Å². The Bertz CT molecular complexity index is 1270. The average Bonchev–Trinajstić information content (AvgIpc) is 3.60. The molecule has 0 radical (unpaired) electrons. The summed E-state index contributed by atoms with van der Waals surface area (Å²) in [4.78, 5) is 36.0. The molecule has 3 aromatic rings. The summed E-state index contributed by atoms with van der Waals surface area (Å²) in [5.74, 6) is -0.244. The number of hydrogen-bond acceptors (Lipinski definition) is 10. The van der Waals surface area contributed by atoms with Gasteiger partial charge in [0.15, 0.2) is 18.1 Å². The van der Waals surface area contributed by atoms with Gasteiger partial charge in [-0.2, -0.15) is 0 Å². The normalized spacial score (nSPS) is 13.3. The van der Waals surface area contributed by atoms with Gasteiger partial charge in [-0.1, -0.05) is 12.8 Å². The molecule has 1 aromatic heterocycles. The van der Waals surface area contributed by atoms with Crippen LogP contribution >= 0.6 is 0 Å². The van der Waals surface area contributed by atoms with Gasteiger partial charge in [0, 0.05) is 35.7 Å². The second kappa shape index (κ2) is 10.8. The highest BCUT2D eigenvalue weighted by atomic mass is 16.6. The lowest BCUT2D eigenvalue weighted by Crippen LogP contribution is -2.22. The molecule has 0 atom stereocenters. The van der Waals surface area contributed by atoms with Crippen LogP contribution in [0.3, 0.4) is 0 Å². The maximum Gasteiger partial charge on any atom is 0.340 e. The van der Waals surface area contributed by atoms with Crippen LogP contribution in [0.15, 0.2) is 40.8 Å². The molecule has 12 heteroatoms. The maximum absolute atomic E-state index is 13.0. The van der Waals surface area contributed by atoms with Gasteiger partial charge in [-0.3, -0.25) is 14.9 Å². The molecule has 1 heterocycles. The Morgan fingerprint density at radius 3 is 2.39 bits per heavy atom. The Labute approximate surface area is 205 Å². The van der Waals surface area contributed by atoms with Gasteiger partial charge < -0.3 is 23.9 Å². The standard InChI is InChI=1S/C24H24N4O8/c1-33-19-11-17(18(12-20(19)34-2)25-22(29)14-5-3-4-6-14)24(30)35-13-21-26-27-23(36-21)15-7-9-16(10-8-15)28(31)32/h7-12,14H,3-6,13H2,1-2H3,(H,25,29). The van der Waals surface area contributed by atoms with Crippen LogP contribution in [0.2, 0.25) is 0 Å². The molecule has 1 saturated carbocycles. The minimum Gasteiger partial charge on any atom is -0.493 e. The maximum atomic E-state index is 13.0. The average molecular weight is 496 g/mol. The highest BCUT2D eigenvalue weighted by Gasteiger charge is 2.26. The smallest absolute Gasteiger partial charge is 0.340 e. The first-order valence-electron chi connectivity index (χ1n) is 11.2. The summed E-state index contributed by atoms with van der Waals surface area (Å²) in [5.41, 5.74) is 0.724. The summed E-state index contributed by atoms with van der Waals surface area (Å²) in [7, 11) is 2.89. The van der Waals surface area contributed by atoms with Crippen molar-refractivity contribution in [3.8, 4) is 23.0 Å². The summed E-state index contributed by atoms with van der Waals surface area (Å²) in [6.07, 6.45) is 3.58. The number of esters is 1. The van der Waals surface area contributed by atoms with Gasteiger partial charge in [0.05, 0.1) is 30.4 Å². The molecule has 0 saturated heterocycles. The highest BCUT2D eigenvalue weighted by Crippen LogP contribution is 2.35. The van der Waals surface area contributed by atoms with E-state index >= 15 is 0 Å². The van der Waals surface area contributed by atoms with E-state index in [1.165, 1.54) is 50.6 Å². The number of benzene rings is 2. The Morgan fingerprint density at radius 2 is 1.75 bits per heavy atom. The van der Waals surface area contributed by atoms with Gasteiger partial charge in [-0.15, -0.1) is 10.2 Å². The van der Waals surface area contributed by atoms with Crippen LogP contribution < -0.4 is 14.8 Å². The lowest BCUT2D eigenvalue weighted by Gasteiger charge is -2.16. The van der Waals surface area contributed by atoms with E-state index in [-0.39, 0.29) is 47.2 Å². The molecule has 1 fully saturated rings. The second-order valence-electron chi connectivity index (χ2n) is 8.10. The van der Waals surface area contributed by atoms with Crippen LogP contribution in [-0.4, -0.2) is 41.2 Å². The van der Waals surface area contributed by atoms with E-state index in [9.17, 15) is 19.7 Å². The van der Waals surface area contributed by atoms with Gasteiger partial charge in [0.1, 0.15) is 0 Å². The molecule has 0 aliphatic heterocycles. The largest absolute Gasteiger partial charge is 0.493 e. The zero-order valence-corrected chi connectivity index (χ0v) is 19.7. The first-order chi connectivity index (χ1) is 17.4. The number of nitrogens with one attached hydrogen (secondary N) is 1. The molecule has 188 valence electrons. The molecule has 2 aromatic carbocycles. The lowest BCUT2D eigenvalue weighted by atomic mass is 10.1. The van der Waals surface area contributed by atoms with E-state index < -0.39 is 10.9 Å². The van der Waals surface area contributed by atoms with Crippen LogP contribution in [0.25, 0.3) is 11.5 Å². The van der Waals surface area contributed by atoms with Crippen molar-refractivity contribution in [1.82, 2.24) is 10.2 Å². The predicted molar refractivity (Wildman–Crippen MR) is 126 cm³/mol. The minimum atomic E-state index is -0.743. The number of carbonyl (C=O) groups is 2. The van der Waals surface area contributed by atoms with Crippen molar-refractivity contribution >= 4 is 23.3 Å². The number of aromatic nitrogens is 2. The van der Waals surface area contributed by atoms with Gasteiger partial charge in [-0.05, 0) is 25.0 Å². The fourth-order valence-corrected chi connectivity index (χ4v) is 3.93. The number of nitro groups is 1. The van der Waals surface area contributed by atoms with Crippen LogP contribution in [0.4, 0.5) is 11.4 Å². The van der Waals surface area contributed by atoms with Gasteiger partial charge in [0.25, 0.3) is 11.6 Å². The van der Waals surface area contributed by atoms with Crippen molar-refractivity contribution in [3.63, 3.8) is 0 Å². The van der Waals surface area contributed by atoms with Gasteiger partial charge >= 0.3 is 5.97 Å². The van der Waals surface area contributed by atoms with Crippen LogP contribution in [-0.2, 0) is 16.1 Å². The molecule has 1 aliphatic carbocycles. The summed E-state index contributed by atoms with van der Waals surface area (Å²) in [6.45, 7) is -0.330. The Kier molecular flexibility index (Phi) is 7.42. The molecule has 1 amide bonds. The molecule has 1 N–H and O–H groups in total. The third-order valence-corrected chi connectivity index (χ3v) is 5.85. The monoisotopic (exact) mass is 496 g/mol. The Hall–Kier alpha value is -4.48. The molecule has 0 bridgehead atoms. The van der Waals surface area contributed by atoms with Crippen molar-refractivity contribution in [2.24, 2.45) is 5.92 Å². The lowest BCUT2D eigenvalue weighted by molar-refractivity contribution is -0.384.